The molecule has 0 aliphatic heterocycles. The van der Waals surface area contributed by atoms with Gasteiger partial charge in [0.05, 0.1) is 12.1 Å². The Kier molecular flexibility index (Phi) is 5.09. The molecule has 6 heteroatoms. The third-order valence-corrected chi connectivity index (χ3v) is 2.97. The largest absolute Gasteiger partial charge is 0.388 e. The van der Waals surface area contributed by atoms with Crippen molar-refractivity contribution in [2.45, 2.75) is 45.3 Å². The zero-order valence-electron chi connectivity index (χ0n) is 10.4. The first-order valence-electron chi connectivity index (χ1n) is 5.91. The molecule has 1 rings (SSSR count). The summed E-state index contributed by atoms with van der Waals surface area (Å²) in [5, 5.41) is 16.6. The van der Waals surface area contributed by atoms with Crippen molar-refractivity contribution in [3.63, 3.8) is 0 Å². The van der Waals surface area contributed by atoms with Crippen LogP contribution in [0.15, 0.2) is 12.7 Å². The Bertz CT molecular complexity index is 333. The molecular formula is C11H20N4O2. The first-order valence-corrected chi connectivity index (χ1v) is 5.91. The highest BCUT2D eigenvalue weighted by molar-refractivity contribution is 5.75. The number of rotatable bonds is 7. The van der Waals surface area contributed by atoms with E-state index in [0.29, 0.717) is 32.4 Å². The van der Waals surface area contributed by atoms with Crippen LogP contribution < -0.4 is 5.32 Å². The van der Waals surface area contributed by atoms with E-state index in [2.05, 4.69) is 15.4 Å². The van der Waals surface area contributed by atoms with Crippen LogP contribution in [0.1, 0.15) is 33.1 Å². The van der Waals surface area contributed by atoms with Gasteiger partial charge in [-0.25, -0.2) is 4.98 Å². The summed E-state index contributed by atoms with van der Waals surface area (Å²) in [5.74, 6) is -0.0826. The molecule has 0 spiro atoms. The topological polar surface area (TPSA) is 80.0 Å². The molecule has 0 fully saturated rings. The average Bonchev–Trinajstić information content (AvgIpc) is 2.86. The van der Waals surface area contributed by atoms with Crippen LogP contribution in [-0.4, -0.2) is 37.9 Å². The van der Waals surface area contributed by atoms with Crippen molar-refractivity contribution in [2.24, 2.45) is 0 Å². The van der Waals surface area contributed by atoms with Crippen molar-refractivity contribution in [2.75, 3.05) is 6.54 Å². The van der Waals surface area contributed by atoms with E-state index >= 15 is 0 Å². The average molecular weight is 240 g/mol. The Morgan fingerprint density at radius 3 is 2.71 bits per heavy atom. The van der Waals surface area contributed by atoms with E-state index in [4.69, 9.17) is 0 Å². The van der Waals surface area contributed by atoms with Crippen molar-refractivity contribution >= 4 is 5.91 Å². The fourth-order valence-electron chi connectivity index (χ4n) is 1.42. The second kappa shape index (κ2) is 6.34. The number of nitrogens with one attached hydrogen (secondary N) is 1. The summed E-state index contributed by atoms with van der Waals surface area (Å²) in [6.45, 7) is 4.62. The van der Waals surface area contributed by atoms with Gasteiger partial charge in [-0.1, -0.05) is 13.8 Å². The van der Waals surface area contributed by atoms with Crippen LogP contribution in [-0.2, 0) is 11.3 Å². The normalized spacial score (nSPS) is 11.5. The molecule has 0 unspecified atom stereocenters. The fraction of sp³-hybridized carbons (Fsp3) is 0.727. The Balaban J connectivity index is 2.26. The minimum absolute atomic E-state index is 0.0826. The number of aryl methyl sites for hydroxylation is 1. The van der Waals surface area contributed by atoms with E-state index in [1.807, 2.05) is 13.8 Å². The number of aromatic nitrogens is 3. The fourth-order valence-corrected chi connectivity index (χ4v) is 1.42. The lowest BCUT2D eigenvalue weighted by Gasteiger charge is -2.25. The maximum atomic E-state index is 11.5. The standard InChI is InChI=1S/C11H20N4O2/c1-3-11(17,4-2)7-13-10(16)5-6-15-9-12-8-14-15/h8-9,17H,3-7H2,1-2H3,(H,13,16). The number of carbonyl (C=O) groups is 1. The van der Waals surface area contributed by atoms with E-state index in [9.17, 15) is 9.90 Å². The summed E-state index contributed by atoms with van der Waals surface area (Å²) < 4.78 is 1.60. The molecule has 0 radical (unpaired) electrons. The SMILES string of the molecule is CCC(O)(CC)CNC(=O)CCn1cncn1. The second-order valence-electron chi connectivity index (χ2n) is 4.12. The van der Waals surface area contributed by atoms with Gasteiger partial charge in [0.15, 0.2) is 0 Å². The van der Waals surface area contributed by atoms with Gasteiger partial charge in [0.25, 0.3) is 0 Å². The number of hydrogen-bond acceptors (Lipinski definition) is 4. The van der Waals surface area contributed by atoms with Crippen molar-refractivity contribution in [3.05, 3.63) is 12.7 Å². The summed E-state index contributed by atoms with van der Waals surface area (Å²) in [4.78, 5) is 15.3. The summed E-state index contributed by atoms with van der Waals surface area (Å²) in [5.41, 5.74) is -0.789. The van der Waals surface area contributed by atoms with Gasteiger partial charge in [0.1, 0.15) is 12.7 Å². The number of aliphatic hydroxyl groups is 1. The van der Waals surface area contributed by atoms with Gasteiger partial charge in [-0.15, -0.1) is 0 Å². The highest BCUT2D eigenvalue weighted by atomic mass is 16.3. The number of amides is 1. The highest BCUT2D eigenvalue weighted by Gasteiger charge is 2.22. The summed E-state index contributed by atoms with van der Waals surface area (Å²) >= 11 is 0. The van der Waals surface area contributed by atoms with Crippen molar-refractivity contribution in [3.8, 4) is 0 Å². The van der Waals surface area contributed by atoms with Gasteiger partial charge in [0, 0.05) is 13.0 Å². The third-order valence-electron chi connectivity index (χ3n) is 2.97. The Morgan fingerprint density at radius 2 is 2.18 bits per heavy atom. The lowest BCUT2D eigenvalue weighted by atomic mass is 9.97. The van der Waals surface area contributed by atoms with E-state index in [0.717, 1.165) is 0 Å². The number of carbonyl (C=O) groups excluding carboxylic acids is 1. The molecule has 0 aliphatic carbocycles. The van der Waals surface area contributed by atoms with Crippen LogP contribution in [0.3, 0.4) is 0 Å². The Hall–Kier alpha value is -1.43. The summed E-state index contributed by atoms with van der Waals surface area (Å²) in [6, 6.07) is 0. The minimum Gasteiger partial charge on any atom is -0.388 e. The van der Waals surface area contributed by atoms with Crippen molar-refractivity contribution < 1.29 is 9.90 Å². The smallest absolute Gasteiger partial charge is 0.221 e. The molecule has 0 aromatic carbocycles. The van der Waals surface area contributed by atoms with Crippen LogP contribution >= 0.6 is 0 Å². The van der Waals surface area contributed by atoms with Crippen molar-refractivity contribution in [1.29, 1.82) is 0 Å². The van der Waals surface area contributed by atoms with Gasteiger partial charge < -0.3 is 10.4 Å². The summed E-state index contributed by atoms with van der Waals surface area (Å²) in [7, 11) is 0. The molecule has 1 aromatic rings. The van der Waals surface area contributed by atoms with E-state index in [1.165, 1.54) is 6.33 Å². The first kappa shape index (κ1) is 13.6. The maximum absolute atomic E-state index is 11.5. The van der Waals surface area contributed by atoms with E-state index < -0.39 is 5.60 Å². The zero-order valence-corrected chi connectivity index (χ0v) is 10.4. The van der Waals surface area contributed by atoms with Crippen LogP contribution in [0.2, 0.25) is 0 Å². The molecule has 1 amide bonds. The molecule has 0 aliphatic rings. The molecule has 0 saturated heterocycles. The highest BCUT2D eigenvalue weighted by Crippen LogP contribution is 2.12. The van der Waals surface area contributed by atoms with E-state index in [-0.39, 0.29) is 5.91 Å². The number of hydrogen-bond donors (Lipinski definition) is 2. The lowest BCUT2D eigenvalue weighted by Crippen LogP contribution is -2.42. The van der Waals surface area contributed by atoms with E-state index in [1.54, 1.807) is 11.0 Å². The van der Waals surface area contributed by atoms with Gasteiger partial charge in [0.2, 0.25) is 5.91 Å². The van der Waals surface area contributed by atoms with Gasteiger partial charge in [-0.2, -0.15) is 5.10 Å². The molecule has 0 bridgehead atoms. The quantitative estimate of drug-likeness (QED) is 0.720. The van der Waals surface area contributed by atoms with Crippen LogP contribution in [0.25, 0.3) is 0 Å². The van der Waals surface area contributed by atoms with Crippen LogP contribution in [0, 0.1) is 0 Å². The molecule has 6 nitrogen and oxygen atoms in total. The third kappa shape index (κ3) is 4.52. The zero-order chi connectivity index (χ0) is 12.7. The molecule has 1 aromatic heterocycles. The molecule has 0 saturated carbocycles. The predicted molar refractivity (Wildman–Crippen MR) is 63.2 cm³/mol. The minimum atomic E-state index is -0.789. The second-order valence-corrected chi connectivity index (χ2v) is 4.12. The van der Waals surface area contributed by atoms with Crippen LogP contribution in [0.4, 0.5) is 0 Å². The van der Waals surface area contributed by atoms with Crippen LogP contribution in [0.5, 0.6) is 0 Å². The lowest BCUT2D eigenvalue weighted by molar-refractivity contribution is -0.122. The summed E-state index contributed by atoms with van der Waals surface area (Å²) in [6.07, 6.45) is 4.61. The monoisotopic (exact) mass is 240 g/mol. The first-order chi connectivity index (χ1) is 8.09. The molecular weight excluding hydrogens is 220 g/mol. The van der Waals surface area contributed by atoms with Gasteiger partial charge in [-0.05, 0) is 12.8 Å². The van der Waals surface area contributed by atoms with Gasteiger partial charge >= 0.3 is 0 Å². The molecule has 1 heterocycles. The van der Waals surface area contributed by atoms with Crippen molar-refractivity contribution in [1.82, 2.24) is 20.1 Å². The number of nitrogens with zero attached hydrogens (tertiary/aromatic N) is 3. The predicted octanol–water partition coefficient (Wildman–Crippen LogP) is 0.335. The maximum Gasteiger partial charge on any atom is 0.221 e. The Labute approximate surface area is 101 Å². The molecule has 2 N–H and O–H groups in total. The molecule has 0 atom stereocenters. The molecule has 96 valence electrons. The Morgan fingerprint density at radius 1 is 1.47 bits per heavy atom. The van der Waals surface area contributed by atoms with Gasteiger partial charge in [-0.3, -0.25) is 9.48 Å². The molecule has 17 heavy (non-hydrogen) atoms.